The number of carbonyl (C=O) groups excluding carboxylic acids is 2. The molecule has 7 heteroatoms. The third-order valence-electron chi connectivity index (χ3n) is 6.26. The van der Waals surface area contributed by atoms with Gasteiger partial charge in [0.2, 0.25) is 0 Å². The van der Waals surface area contributed by atoms with Gasteiger partial charge in [-0.25, -0.2) is 0 Å². The number of piperidine rings is 1. The molecule has 1 aromatic carbocycles. The Morgan fingerprint density at radius 1 is 1.21 bits per heavy atom. The lowest BCUT2D eigenvalue weighted by atomic mass is 9.88. The van der Waals surface area contributed by atoms with Gasteiger partial charge < -0.3 is 14.6 Å². The van der Waals surface area contributed by atoms with Crippen molar-refractivity contribution in [2.45, 2.75) is 45.1 Å². The van der Waals surface area contributed by atoms with Crippen molar-refractivity contribution >= 4 is 17.4 Å². The molecule has 7 nitrogen and oxygen atoms in total. The van der Waals surface area contributed by atoms with Crippen LogP contribution in [0.4, 0.5) is 5.69 Å². The number of carbonyl (C=O) groups is 2. The molecular formula is C22H25N3O4. The van der Waals surface area contributed by atoms with Gasteiger partial charge in [-0.05, 0) is 63.4 Å². The van der Waals surface area contributed by atoms with E-state index in [0.29, 0.717) is 17.0 Å². The van der Waals surface area contributed by atoms with E-state index < -0.39 is 0 Å². The van der Waals surface area contributed by atoms with Crippen LogP contribution >= 0.6 is 0 Å². The van der Waals surface area contributed by atoms with E-state index in [1.54, 1.807) is 18.2 Å². The standard InChI is InChI=1S/C22H25N3O4/c26-21-13-28-20-6-5-15(11-17(20)23-21)22(27)14-7-9-25(10-8-14)12-18-16-3-1-2-4-19(16)29-24-18/h5-6,11,14H,1-4,7-10,12-13H2,(H,23,26). The summed E-state index contributed by atoms with van der Waals surface area (Å²) in [6.45, 7) is 2.58. The van der Waals surface area contributed by atoms with Gasteiger partial charge in [0.25, 0.3) is 5.91 Å². The highest BCUT2D eigenvalue weighted by atomic mass is 16.5. The number of nitrogens with one attached hydrogen (secondary N) is 1. The van der Waals surface area contributed by atoms with Gasteiger partial charge in [0.05, 0.1) is 5.69 Å². The van der Waals surface area contributed by atoms with E-state index in [1.807, 2.05) is 0 Å². The number of benzene rings is 1. The summed E-state index contributed by atoms with van der Waals surface area (Å²) in [6, 6.07) is 5.31. The molecule has 3 heterocycles. The van der Waals surface area contributed by atoms with Gasteiger partial charge in [0.1, 0.15) is 17.2 Å². The molecule has 3 aliphatic rings. The van der Waals surface area contributed by atoms with E-state index in [4.69, 9.17) is 9.26 Å². The number of amides is 1. The molecule has 1 fully saturated rings. The minimum atomic E-state index is -0.189. The van der Waals surface area contributed by atoms with Gasteiger partial charge in [0.15, 0.2) is 12.4 Å². The highest BCUT2D eigenvalue weighted by Gasteiger charge is 2.28. The van der Waals surface area contributed by atoms with Crippen molar-refractivity contribution in [2.24, 2.45) is 5.92 Å². The number of likely N-dealkylation sites (tertiary alicyclic amines) is 1. The summed E-state index contributed by atoms with van der Waals surface area (Å²) in [5.74, 6) is 1.65. The van der Waals surface area contributed by atoms with Gasteiger partial charge in [0, 0.05) is 30.0 Å². The van der Waals surface area contributed by atoms with E-state index in [0.717, 1.165) is 56.8 Å². The van der Waals surface area contributed by atoms with Gasteiger partial charge in [-0.1, -0.05) is 5.16 Å². The first kappa shape index (κ1) is 18.4. The van der Waals surface area contributed by atoms with Crippen molar-refractivity contribution in [3.63, 3.8) is 0 Å². The summed E-state index contributed by atoms with van der Waals surface area (Å²) in [5, 5.41) is 7.09. The molecule has 0 saturated carbocycles. The monoisotopic (exact) mass is 395 g/mol. The summed E-state index contributed by atoms with van der Waals surface area (Å²) in [4.78, 5) is 26.9. The van der Waals surface area contributed by atoms with E-state index in [1.165, 1.54) is 18.4 Å². The fraction of sp³-hybridized carbons (Fsp3) is 0.500. The Morgan fingerprint density at radius 2 is 2.03 bits per heavy atom. The smallest absolute Gasteiger partial charge is 0.262 e. The quantitative estimate of drug-likeness (QED) is 0.801. The molecule has 1 aromatic heterocycles. The van der Waals surface area contributed by atoms with Crippen molar-refractivity contribution in [3.05, 3.63) is 40.8 Å². The van der Waals surface area contributed by atoms with E-state index in [-0.39, 0.29) is 24.2 Å². The van der Waals surface area contributed by atoms with Crippen molar-refractivity contribution < 1.29 is 18.8 Å². The van der Waals surface area contributed by atoms with Gasteiger partial charge >= 0.3 is 0 Å². The Labute approximate surface area is 169 Å². The number of hydrogen-bond acceptors (Lipinski definition) is 6. The highest BCUT2D eigenvalue weighted by molar-refractivity contribution is 6.01. The third kappa shape index (κ3) is 3.67. The Kier molecular flexibility index (Phi) is 4.83. The predicted molar refractivity (Wildman–Crippen MR) is 106 cm³/mol. The summed E-state index contributed by atoms with van der Waals surface area (Å²) >= 11 is 0. The van der Waals surface area contributed by atoms with Crippen molar-refractivity contribution in [1.82, 2.24) is 10.1 Å². The number of anilines is 1. The maximum Gasteiger partial charge on any atom is 0.262 e. The molecule has 1 saturated heterocycles. The van der Waals surface area contributed by atoms with Crippen LogP contribution in [0.5, 0.6) is 5.75 Å². The second kappa shape index (κ2) is 7.63. The molecule has 0 bridgehead atoms. The van der Waals surface area contributed by atoms with Crippen LogP contribution in [-0.2, 0) is 24.2 Å². The van der Waals surface area contributed by atoms with Crippen molar-refractivity contribution in [3.8, 4) is 5.75 Å². The number of nitrogens with zero attached hydrogens (tertiary/aromatic N) is 2. The molecule has 0 atom stereocenters. The first-order valence-electron chi connectivity index (χ1n) is 10.5. The zero-order valence-corrected chi connectivity index (χ0v) is 16.4. The number of ether oxygens (including phenoxy) is 1. The maximum atomic E-state index is 13.0. The Balaban J connectivity index is 1.21. The first-order chi connectivity index (χ1) is 14.2. The third-order valence-corrected chi connectivity index (χ3v) is 6.26. The molecule has 29 heavy (non-hydrogen) atoms. The number of aromatic nitrogens is 1. The molecule has 1 amide bonds. The molecule has 0 spiro atoms. The molecular weight excluding hydrogens is 370 g/mol. The summed E-state index contributed by atoms with van der Waals surface area (Å²) in [6.07, 6.45) is 6.14. The number of aryl methyl sites for hydroxylation is 1. The maximum absolute atomic E-state index is 13.0. The lowest BCUT2D eigenvalue weighted by Gasteiger charge is -2.31. The fourth-order valence-corrected chi connectivity index (χ4v) is 4.61. The van der Waals surface area contributed by atoms with Crippen LogP contribution in [-0.4, -0.2) is 41.4 Å². The molecule has 0 unspecified atom stereocenters. The van der Waals surface area contributed by atoms with Crippen LogP contribution in [0, 0.1) is 5.92 Å². The van der Waals surface area contributed by atoms with Crippen LogP contribution < -0.4 is 10.1 Å². The van der Waals surface area contributed by atoms with Gasteiger partial charge in [-0.2, -0.15) is 0 Å². The number of Topliss-reactive ketones (excluding diaryl/α,β-unsaturated/α-hetero) is 1. The van der Waals surface area contributed by atoms with Crippen LogP contribution in [0.2, 0.25) is 0 Å². The first-order valence-corrected chi connectivity index (χ1v) is 10.5. The van der Waals surface area contributed by atoms with Crippen LogP contribution in [0.1, 0.15) is 53.1 Å². The van der Waals surface area contributed by atoms with Crippen molar-refractivity contribution in [2.75, 3.05) is 25.0 Å². The predicted octanol–water partition coefficient (Wildman–Crippen LogP) is 2.98. The Morgan fingerprint density at radius 3 is 2.90 bits per heavy atom. The largest absolute Gasteiger partial charge is 0.482 e. The number of hydrogen-bond donors (Lipinski definition) is 1. The van der Waals surface area contributed by atoms with Crippen LogP contribution in [0.25, 0.3) is 0 Å². The minimum absolute atomic E-state index is 0.00994. The highest BCUT2D eigenvalue weighted by Crippen LogP contribution is 2.31. The van der Waals surface area contributed by atoms with Crippen LogP contribution in [0.3, 0.4) is 0 Å². The minimum Gasteiger partial charge on any atom is -0.482 e. The number of fused-ring (bicyclic) bond motifs is 2. The second-order valence-corrected chi connectivity index (χ2v) is 8.20. The molecule has 0 radical (unpaired) electrons. The van der Waals surface area contributed by atoms with Crippen LogP contribution in [0.15, 0.2) is 22.7 Å². The average Bonchev–Trinajstić information content (AvgIpc) is 3.16. The molecule has 2 aromatic rings. The number of rotatable bonds is 4. The van der Waals surface area contributed by atoms with Gasteiger partial charge in [-0.3, -0.25) is 14.5 Å². The van der Waals surface area contributed by atoms with Crippen molar-refractivity contribution in [1.29, 1.82) is 0 Å². The normalized spacial score (nSPS) is 19.8. The topological polar surface area (TPSA) is 84.7 Å². The zero-order valence-electron chi connectivity index (χ0n) is 16.4. The lowest BCUT2D eigenvalue weighted by molar-refractivity contribution is -0.118. The molecule has 5 rings (SSSR count). The zero-order chi connectivity index (χ0) is 19.8. The summed E-state index contributed by atoms with van der Waals surface area (Å²) in [5.41, 5.74) is 3.61. The van der Waals surface area contributed by atoms with E-state index in [9.17, 15) is 9.59 Å². The summed E-state index contributed by atoms with van der Waals surface area (Å²) in [7, 11) is 0. The molecule has 152 valence electrons. The lowest BCUT2D eigenvalue weighted by Crippen LogP contribution is -2.36. The average molecular weight is 395 g/mol. The Hall–Kier alpha value is -2.67. The fourth-order valence-electron chi connectivity index (χ4n) is 4.61. The molecule has 2 aliphatic heterocycles. The van der Waals surface area contributed by atoms with E-state index >= 15 is 0 Å². The van der Waals surface area contributed by atoms with Gasteiger partial charge in [-0.15, -0.1) is 0 Å². The second-order valence-electron chi connectivity index (χ2n) is 8.20. The molecule has 1 N–H and O–H groups in total. The summed E-state index contributed by atoms with van der Waals surface area (Å²) < 4.78 is 10.9. The van der Waals surface area contributed by atoms with E-state index in [2.05, 4.69) is 15.4 Å². The Bertz CT molecular complexity index is 944. The SMILES string of the molecule is O=C1COc2ccc(C(=O)C3CCN(Cc4noc5c4CCCC5)CC3)cc2N1. The molecule has 1 aliphatic carbocycles. The number of ketones is 1.